The second-order valence-corrected chi connectivity index (χ2v) is 9.65. The van der Waals surface area contributed by atoms with Crippen molar-refractivity contribution >= 4 is 0 Å². The highest BCUT2D eigenvalue weighted by Gasteiger charge is 2.64. The Morgan fingerprint density at radius 2 is 2.15 bits per heavy atom. The lowest BCUT2D eigenvalue weighted by Crippen LogP contribution is -2.53. The molecule has 0 aromatic rings. The molecule has 3 heteroatoms. The van der Waals surface area contributed by atoms with Crippen LogP contribution in [0.2, 0.25) is 0 Å². The maximum Gasteiger partial charge on any atom is 0.0957 e. The summed E-state index contributed by atoms with van der Waals surface area (Å²) in [7, 11) is 0. The first-order chi connectivity index (χ1) is 12.6. The third-order valence-corrected chi connectivity index (χ3v) is 8.94. The molecule has 3 saturated carbocycles. The summed E-state index contributed by atoms with van der Waals surface area (Å²) >= 11 is 0. The zero-order chi connectivity index (χ0) is 17.9. The molecule has 0 N–H and O–H groups in total. The topological polar surface area (TPSA) is 38.7 Å². The van der Waals surface area contributed by atoms with Crippen LogP contribution < -0.4 is 0 Å². The van der Waals surface area contributed by atoms with Crippen LogP contribution in [0, 0.1) is 39.9 Å². The van der Waals surface area contributed by atoms with Gasteiger partial charge in [0.15, 0.2) is 0 Å². The van der Waals surface area contributed by atoms with Gasteiger partial charge in [-0.25, -0.2) is 0 Å². The highest BCUT2D eigenvalue weighted by molar-refractivity contribution is 5.28. The maximum atomic E-state index is 11.1. The Labute approximate surface area is 156 Å². The molecule has 0 radical (unpaired) electrons. The van der Waals surface area contributed by atoms with E-state index in [1.54, 1.807) is 0 Å². The molecule has 0 aromatic carbocycles. The van der Waals surface area contributed by atoms with E-state index in [0.717, 1.165) is 31.8 Å². The van der Waals surface area contributed by atoms with Gasteiger partial charge < -0.3 is 4.74 Å². The minimum Gasteiger partial charge on any atom is -0.366 e. The fraction of sp³-hybridized carbons (Fsp3) is 0.739. The van der Waals surface area contributed by atoms with E-state index in [0.29, 0.717) is 23.7 Å². The number of ether oxygens (including phenoxy) is 1. The quantitative estimate of drug-likeness (QED) is 0.490. The molecule has 0 saturated heterocycles. The predicted octanol–water partition coefficient (Wildman–Crippen LogP) is 5.43. The van der Waals surface area contributed by atoms with Crippen LogP contribution in [0.25, 0.3) is 0 Å². The van der Waals surface area contributed by atoms with Gasteiger partial charge in [-0.15, -0.1) is 6.58 Å². The van der Waals surface area contributed by atoms with Gasteiger partial charge in [-0.2, -0.15) is 4.91 Å². The number of allylic oxidation sites excluding steroid dienone is 2. The van der Waals surface area contributed by atoms with Gasteiger partial charge in [0.05, 0.1) is 18.2 Å². The van der Waals surface area contributed by atoms with Gasteiger partial charge in [0.1, 0.15) is 0 Å². The predicted molar refractivity (Wildman–Crippen MR) is 104 cm³/mol. The number of hydrogen-bond acceptors (Lipinski definition) is 3. The molecular weight excluding hydrogens is 322 g/mol. The monoisotopic (exact) mass is 353 g/mol. The molecule has 0 amide bonds. The SMILES string of the molecule is C=CC1C=C2CC(N=O)CC[C@@H]2C2CC[C@@]3(C)C(CC[C@@]34C=CCO4)C12. The first kappa shape index (κ1) is 16.9. The molecule has 5 rings (SSSR count). The third-order valence-electron chi connectivity index (χ3n) is 8.94. The summed E-state index contributed by atoms with van der Waals surface area (Å²) in [6.07, 6.45) is 17.3. The van der Waals surface area contributed by atoms with Crippen LogP contribution in [0.4, 0.5) is 0 Å². The highest BCUT2D eigenvalue weighted by atomic mass is 16.5. The van der Waals surface area contributed by atoms with Crippen LogP contribution in [0.1, 0.15) is 51.9 Å². The second-order valence-electron chi connectivity index (χ2n) is 9.65. The van der Waals surface area contributed by atoms with Crippen LogP contribution in [-0.2, 0) is 4.74 Å². The number of fused-ring (bicyclic) bond motifs is 6. The molecule has 1 heterocycles. The Morgan fingerprint density at radius 3 is 2.88 bits per heavy atom. The Hall–Kier alpha value is -1.22. The van der Waals surface area contributed by atoms with E-state index in [9.17, 15) is 4.91 Å². The van der Waals surface area contributed by atoms with Gasteiger partial charge in [-0.05, 0) is 74.5 Å². The van der Waals surface area contributed by atoms with Crippen molar-refractivity contribution in [3.63, 3.8) is 0 Å². The van der Waals surface area contributed by atoms with E-state index in [2.05, 4.69) is 43.0 Å². The lowest BCUT2D eigenvalue weighted by molar-refractivity contribution is -0.112. The summed E-state index contributed by atoms with van der Waals surface area (Å²) in [5.41, 5.74) is 1.76. The van der Waals surface area contributed by atoms with Crippen LogP contribution in [0.5, 0.6) is 0 Å². The summed E-state index contributed by atoms with van der Waals surface area (Å²) in [6.45, 7) is 7.49. The third kappa shape index (κ3) is 2.10. The summed E-state index contributed by atoms with van der Waals surface area (Å²) < 4.78 is 6.36. The fourth-order valence-electron chi connectivity index (χ4n) is 7.71. The van der Waals surface area contributed by atoms with Crippen LogP contribution in [0.15, 0.2) is 41.6 Å². The number of nitroso groups, excluding NO2 is 1. The molecule has 5 aliphatic rings. The Bertz CT molecular complexity index is 682. The van der Waals surface area contributed by atoms with Crippen LogP contribution >= 0.6 is 0 Å². The zero-order valence-corrected chi connectivity index (χ0v) is 15.9. The number of rotatable bonds is 2. The maximum absolute atomic E-state index is 11.1. The highest BCUT2D eigenvalue weighted by Crippen LogP contribution is 2.67. The van der Waals surface area contributed by atoms with Gasteiger partial charge in [-0.1, -0.05) is 42.0 Å². The molecule has 0 bridgehead atoms. The average molecular weight is 354 g/mol. The molecule has 1 spiro atoms. The molecule has 26 heavy (non-hydrogen) atoms. The molecule has 5 unspecified atom stereocenters. The first-order valence-electron chi connectivity index (χ1n) is 10.6. The Kier molecular flexibility index (Phi) is 3.83. The molecular formula is C23H31NO2. The lowest BCUT2D eigenvalue weighted by atomic mass is 9.49. The summed E-state index contributed by atoms with van der Waals surface area (Å²) in [4.78, 5) is 11.1. The minimum atomic E-state index is -0.0164. The van der Waals surface area contributed by atoms with E-state index in [-0.39, 0.29) is 17.1 Å². The zero-order valence-electron chi connectivity index (χ0n) is 15.9. The van der Waals surface area contributed by atoms with E-state index in [1.807, 2.05) is 0 Å². The van der Waals surface area contributed by atoms with Crippen molar-refractivity contribution in [3.05, 3.63) is 41.4 Å². The first-order valence-corrected chi connectivity index (χ1v) is 10.6. The Balaban J connectivity index is 1.51. The molecule has 3 fully saturated rings. The van der Waals surface area contributed by atoms with Crippen molar-refractivity contribution in [1.82, 2.24) is 0 Å². The summed E-state index contributed by atoms with van der Waals surface area (Å²) in [5, 5.41) is 3.36. The van der Waals surface area contributed by atoms with Gasteiger partial charge >= 0.3 is 0 Å². The van der Waals surface area contributed by atoms with Gasteiger partial charge in [0.25, 0.3) is 0 Å². The number of nitrogens with zero attached hydrogens (tertiary/aromatic N) is 1. The van der Waals surface area contributed by atoms with Crippen molar-refractivity contribution < 1.29 is 4.74 Å². The van der Waals surface area contributed by atoms with E-state index >= 15 is 0 Å². The molecule has 4 aliphatic carbocycles. The smallest absolute Gasteiger partial charge is 0.0957 e. The Morgan fingerprint density at radius 1 is 1.27 bits per heavy atom. The van der Waals surface area contributed by atoms with Gasteiger partial charge in [0.2, 0.25) is 0 Å². The van der Waals surface area contributed by atoms with Crippen molar-refractivity contribution in [1.29, 1.82) is 0 Å². The summed E-state index contributed by atoms with van der Waals surface area (Å²) in [5.74, 6) is 3.28. The van der Waals surface area contributed by atoms with E-state index < -0.39 is 0 Å². The average Bonchev–Trinajstić information content (AvgIpc) is 3.26. The molecule has 140 valence electrons. The summed E-state index contributed by atoms with van der Waals surface area (Å²) in [6, 6.07) is 0.000137. The molecule has 0 aromatic heterocycles. The van der Waals surface area contributed by atoms with Gasteiger partial charge in [0, 0.05) is 5.41 Å². The normalized spacial score (nSPS) is 52.1. The number of hydrogen-bond donors (Lipinski definition) is 0. The van der Waals surface area contributed by atoms with Gasteiger partial charge in [-0.3, -0.25) is 0 Å². The van der Waals surface area contributed by atoms with E-state index in [4.69, 9.17) is 4.74 Å². The lowest BCUT2D eigenvalue weighted by Gasteiger charge is -2.57. The largest absolute Gasteiger partial charge is 0.366 e. The van der Waals surface area contributed by atoms with Crippen molar-refractivity contribution in [2.45, 2.75) is 63.5 Å². The van der Waals surface area contributed by atoms with Crippen molar-refractivity contribution in [3.8, 4) is 0 Å². The van der Waals surface area contributed by atoms with Crippen molar-refractivity contribution in [2.75, 3.05) is 6.61 Å². The minimum absolute atomic E-state index is 0.000137. The second kappa shape index (κ2) is 5.89. The van der Waals surface area contributed by atoms with Crippen molar-refractivity contribution in [2.24, 2.45) is 40.2 Å². The molecule has 3 nitrogen and oxygen atoms in total. The fourth-order valence-corrected chi connectivity index (χ4v) is 7.71. The van der Waals surface area contributed by atoms with Crippen LogP contribution in [0.3, 0.4) is 0 Å². The van der Waals surface area contributed by atoms with Crippen LogP contribution in [-0.4, -0.2) is 18.2 Å². The standard InChI is InChI=1S/C23H31NO2/c1-3-15-13-16-14-17(24-25)5-6-18(16)19-7-10-22(2)20(21(15)19)8-11-23(22)9-4-12-26-23/h3-4,9,13,15,17-21H,1,5-8,10-12,14H2,2H3/t15?,17?,18-,19?,20?,21?,22-,23-/m0/s1. The molecule has 8 atom stereocenters. The molecule has 1 aliphatic heterocycles. The van der Waals surface area contributed by atoms with E-state index in [1.165, 1.54) is 31.3 Å².